The van der Waals surface area contributed by atoms with Gasteiger partial charge in [0.1, 0.15) is 32.9 Å². The summed E-state index contributed by atoms with van der Waals surface area (Å²) in [4.78, 5) is 31.0. The zero-order chi connectivity index (χ0) is 27.4. The second-order valence-corrected chi connectivity index (χ2v) is 10.1. The van der Waals surface area contributed by atoms with Crippen molar-refractivity contribution < 1.29 is 26.7 Å². The summed E-state index contributed by atoms with van der Waals surface area (Å²) in [5, 5.41) is 2.52. The Bertz CT molecular complexity index is 1700. The number of halogens is 3. The van der Waals surface area contributed by atoms with Crippen molar-refractivity contribution in [3.63, 3.8) is 0 Å². The van der Waals surface area contributed by atoms with Gasteiger partial charge in [0.15, 0.2) is 0 Å². The van der Waals surface area contributed by atoms with Crippen LogP contribution in [-0.2, 0) is 14.8 Å². The van der Waals surface area contributed by atoms with E-state index in [0.717, 1.165) is 12.1 Å². The van der Waals surface area contributed by atoms with Crippen molar-refractivity contribution in [3.8, 4) is 17.0 Å². The van der Waals surface area contributed by atoms with Gasteiger partial charge in [-0.2, -0.15) is 0 Å². The highest BCUT2D eigenvalue weighted by Crippen LogP contribution is 2.31. The van der Waals surface area contributed by atoms with Crippen molar-refractivity contribution in [2.75, 3.05) is 17.9 Å². The van der Waals surface area contributed by atoms with Gasteiger partial charge >= 0.3 is 0 Å². The molecule has 3 heterocycles. The summed E-state index contributed by atoms with van der Waals surface area (Å²) in [6.07, 6.45) is 4.48. The lowest BCUT2D eigenvalue weighted by molar-refractivity contribution is -0.118. The summed E-state index contributed by atoms with van der Waals surface area (Å²) in [6, 6.07) is 6.66. The molecule has 198 valence electrons. The van der Waals surface area contributed by atoms with Crippen LogP contribution in [0.15, 0.2) is 64.7 Å². The Labute approximate surface area is 220 Å². The van der Waals surface area contributed by atoms with E-state index in [0.29, 0.717) is 35.8 Å². The molecular formula is C24H20ClF2N5O5S. The normalized spacial score (nSPS) is 11.4. The van der Waals surface area contributed by atoms with Crippen LogP contribution in [0.1, 0.15) is 13.3 Å². The number of fused-ring (bicyclic) bond motifs is 1. The third-order valence-electron chi connectivity index (χ3n) is 5.21. The molecule has 0 radical (unpaired) electrons. The van der Waals surface area contributed by atoms with Gasteiger partial charge in [-0.05, 0) is 36.8 Å². The zero-order valence-corrected chi connectivity index (χ0v) is 21.3. The Morgan fingerprint density at radius 1 is 1.11 bits per heavy atom. The van der Waals surface area contributed by atoms with E-state index in [2.05, 4.69) is 20.0 Å². The van der Waals surface area contributed by atoms with E-state index in [4.69, 9.17) is 16.3 Å². The molecule has 2 N–H and O–H groups in total. The minimum atomic E-state index is -4.53. The van der Waals surface area contributed by atoms with Gasteiger partial charge in [-0.1, -0.05) is 11.6 Å². The van der Waals surface area contributed by atoms with E-state index in [-0.39, 0.29) is 29.1 Å². The molecule has 1 aromatic carbocycles. The fourth-order valence-corrected chi connectivity index (χ4v) is 4.67. The van der Waals surface area contributed by atoms with Crippen LogP contribution in [0.5, 0.6) is 5.88 Å². The van der Waals surface area contributed by atoms with E-state index in [1.54, 1.807) is 12.1 Å². The van der Waals surface area contributed by atoms with Gasteiger partial charge in [0, 0.05) is 43.1 Å². The molecule has 0 atom stereocenters. The number of benzene rings is 1. The number of sulfonamides is 1. The number of nitrogens with zero attached hydrogens (tertiary/aromatic N) is 3. The lowest BCUT2D eigenvalue weighted by Gasteiger charge is -2.15. The van der Waals surface area contributed by atoms with Crippen LogP contribution in [0.2, 0.25) is 5.02 Å². The van der Waals surface area contributed by atoms with Gasteiger partial charge in [0.05, 0.1) is 12.8 Å². The molecule has 0 fully saturated rings. The zero-order valence-electron chi connectivity index (χ0n) is 19.7. The van der Waals surface area contributed by atoms with Gasteiger partial charge in [-0.3, -0.25) is 18.7 Å². The minimum Gasteiger partial charge on any atom is -0.476 e. The third-order valence-corrected chi connectivity index (χ3v) is 6.86. The number of hydrogen-bond acceptors (Lipinski definition) is 7. The molecule has 0 unspecified atom stereocenters. The van der Waals surface area contributed by atoms with Crippen LogP contribution < -0.4 is 20.3 Å². The fourth-order valence-electron chi connectivity index (χ4n) is 3.42. The van der Waals surface area contributed by atoms with Gasteiger partial charge < -0.3 is 10.1 Å². The molecule has 38 heavy (non-hydrogen) atoms. The number of carbonyl (C=O) groups excluding carboxylic acids is 1. The van der Waals surface area contributed by atoms with Crippen molar-refractivity contribution in [2.24, 2.45) is 0 Å². The molecular weight excluding hydrogens is 544 g/mol. The lowest BCUT2D eigenvalue weighted by Crippen LogP contribution is -2.22. The topological polar surface area (TPSA) is 132 Å². The second-order valence-electron chi connectivity index (χ2n) is 8.00. The number of aromatic nitrogens is 3. The monoisotopic (exact) mass is 563 g/mol. The highest BCUT2D eigenvalue weighted by atomic mass is 35.5. The molecule has 4 rings (SSSR count). The smallest absolute Gasteiger partial charge is 0.276 e. The Morgan fingerprint density at radius 3 is 2.63 bits per heavy atom. The van der Waals surface area contributed by atoms with Gasteiger partial charge in [-0.15, -0.1) is 0 Å². The molecule has 0 aliphatic heterocycles. The van der Waals surface area contributed by atoms with Crippen LogP contribution >= 0.6 is 11.6 Å². The highest BCUT2D eigenvalue weighted by molar-refractivity contribution is 7.92. The summed E-state index contributed by atoms with van der Waals surface area (Å²) < 4.78 is 62.6. The van der Waals surface area contributed by atoms with Crippen LogP contribution in [0.25, 0.3) is 16.8 Å². The van der Waals surface area contributed by atoms with E-state index in [9.17, 15) is 26.8 Å². The lowest BCUT2D eigenvalue weighted by atomic mass is 10.1. The Hall–Kier alpha value is -4.10. The first-order chi connectivity index (χ1) is 18.0. The third kappa shape index (κ3) is 6.06. The molecule has 0 saturated carbocycles. The number of ether oxygens (including phenoxy) is 1. The molecule has 3 aromatic heterocycles. The van der Waals surface area contributed by atoms with Gasteiger partial charge in [-0.25, -0.2) is 27.2 Å². The summed E-state index contributed by atoms with van der Waals surface area (Å²) in [7, 11) is -4.53. The maximum absolute atomic E-state index is 14.3. The predicted octanol–water partition coefficient (Wildman–Crippen LogP) is 3.39. The minimum absolute atomic E-state index is 0.0712. The SMILES string of the molecule is CC(=O)NCCCOc1ncc(-c2ccc3ncc(Cl)c(=O)n3c2)cc1NS(=O)(=O)c1ccc(F)cc1F. The number of rotatable bonds is 9. The quantitative estimate of drug-likeness (QED) is 0.298. The van der Waals surface area contributed by atoms with Crippen LogP contribution in [-0.4, -0.2) is 41.8 Å². The Kier molecular flexibility index (Phi) is 7.88. The number of pyridine rings is 2. The summed E-state index contributed by atoms with van der Waals surface area (Å²) >= 11 is 5.89. The number of amides is 1. The summed E-state index contributed by atoms with van der Waals surface area (Å²) in [6.45, 7) is 1.76. The summed E-state index contributed by atoms with van der Waals surface area (Å²) in [5.74, 6) is -2.55. The molecule has 10 nitrogen and oxygen atoms in total. The van der Waals surface area contributed by atoms with E-state index in [1.807, 2.05) is 0 Å². The molecule has 0 bridgehead atoms. The fraction of sp³-hybridized carbons (Fsp3) is 0.167. The van der Waals surface area contributed by atoms with Gasteiger partial charge in [0.2, 0.25) is 11.8 Å². The number of carbonyl (C=O) groups is 1. The average Bonchev–Trinajstić information content (AvgIpc) is 2.86. The summed E-state index contributed by atoms with van der Waals surface area (Å²) in [5.41, 5.74) is 0.534. The van der Waals surface area contributed by atoms with Crippen molar-refractivity contribution in [2.45, 2.75) is 18.2 Å². The number of nitrogens with one attached hydrogen (secondary N) is 2. The van der Waals surface area contributed by atoms with E-state index in [1.165, 1.54) is 36.0 Å². The van der Waals surface area contributed by atoms with Crippen LogP contribution in [0.3, 0.4) is 0 Å². The number of hydrogen-bond donors (Lipinski definition) is 2. The first-order valence-corrected chi connectivity index (χ1v) is 12.9. The van der Waals surface area contributed by atoms with Crippen molar-refractivity contribution in [1.82, 2.24) is 19.7 Å². The maximum atomic E-state index is 14.3. The van der Waals surface area contributed by atoms with Crippen molar-refractivity contribution in [3.05, 3.63) is 82.0 Å². The highest BCUT2D eigenvalue weighted by Gasteiger charge is 2.22. The molecule has 0 aliphatic carbocycles. The predicted molar refractivity (Wildman–Crippen MR) is 136 cm³/mol. The van der Waals surface area contributed by atoms with E-state index < -0.39 is 32.1 Å². The molecule has 4 aromatic rings. The second kappa shape index (κ2) is 11.1. The maximum Gasteiger partial charge on any atom is 0.276 e. The Balaban J connectivity index is 1.72. The van der Waals surface area contributed by atoms with Crippen molar-refractivity contribution >= 4 is 38.9 Å². The largest absolute Gasteiger partial charge is 0.476 e. The molecule has 14 heteroatoms. The van der Waals surface area contributed by atoms with E-state index >= 15 is 0 Å². The average molecular weight is 564 g/mol. The molecule has 1 amide bonds. The van der Waals surface area contributed by atoms with Crippen LogP contribution in [0, 0.1) is 11.6 Å². The molecule has 0 spiro atoms. The number of anilines is 1. The Morgan fingerprint density at radius 2 is 1.89 bits per heavy atom. The molecule has 0 aliphatic rings. The van der Waals surface area contributed by atoms with Crippen molar-refractivity contribution in [1.29, 1.82) is 0 Å². The first kappa shape index (κ1) is 26.9. The molecule has 0 saturated heterocycles. The standard InChI is InChI=1S/C24H20ClF2N5O5S/c1-14(33)28-7-2-8-37-23-20(31-38(35,36)21-5-4-17(26)10-19(21)27)9-16(11-30-23)15-3-6-22-29-12-18(25)24(34)32(22)13-15/h3-6,9-13,31H,2,7-8H2,1H3,(H,28,33). The first-order valence-electron chi connectivity index (χ1n) is 11.1. The van der Waals surface area contributed by atoms with Gasteiger partial charge in [0.25, 0.3) is 15.6 Å². The van der Waals surface area contributed by atoms with Crippen LogP contribution in [0.4, 0.5) is 14.5 Å².